The molecule has 0 aromatic heterocycles. The highest BCUT2D eigenvalue weighted by Gasteiger charge is 2.31. The monoisotopic (exact) mass is 408 g/mol. The first-order chi connectivity index (χ1) is 14.0. The highest BCUT2D eigenvalue weighted by molar-refractivity contribution is 5.83. The lowest BCUT2D eigenvalue weighted by atomic mass is 10.0. The second-order valence-corrected chi connectivity index (χ2v) is 6.91. The van der Waals surface area contributed by atoms with Crippen LogP contribution in [-0.2, 0) is 16.0 Å². The molecule has 1 amide bonds. The number of rotatable bonds is 7. The molecule has 3 rings (SSSR count). The van der Waals surface area contributed by atoms with E-state index in [1.54, 1.807) is 18.2 Å². The van der Waals surface area contributed by atoms with Crippen molar-refractivity contribution in [2.75, 3.05) is 32.8 Å². The quantitative estimate of drug-likeness (QED) is 0.738. The fourth-order valence-electron chi connectivity index (χ4n) is 3.36. The van der Waals surface area contributed by atoms with Crippen LogP contribution >= 0.6 is 0 Å². The molecule has 2 atom stereocenters. The first-order valence-corrected chi connectivity index (χ1v) is 9.41. The van der Waals surface area contributed by atoms with Crippen LogP contribution in [0.25, 0.3) is 0 Å². The molecule has 0 unspecified atom stereocenters. The number of morpholine rings is 1. The van der Waals surface area contributed by atoms with E-state index in [2.05, 4.69) is 5.32 Å². The first kappa shape index (κ1) is 21.3. The number of amides is 1. The summed E-state index contributed by atoms with van der Waals surface area (Å²) in [6, 6.07) is 8.30. The van der Waals surface area contributed by atoms with Crippen molar-refractivity contribution in [1.29, 1.82) is 0 Å². The molecule has 1 fully saturated rings. The highest BCUT2D eigenvalue weighted by Crippen LogP contribution is 2.24. The van der Waals surface area contributed by atoms with Gasteiger partial charge in [0.25, 0.3) is 0 Å². The number of nitrogens with zero attached hydrogens (tertiary/aromatic N) is 1. The minimum Gasteiger partial charge on any atom is -0.391 e. The van der Waals surface area contributed by atoms with E-state index >= 15 is 0 Å². The van der Waals surface area contributed by atoms with Crippen LogP contribution in [-0.4, -0.2) is 54.9 Å². The molecular formula is C21H23F3N2O3. The predicted octanol–water partition coefficient (Wildman–Crippen LogP) is 2.20. The molecule has 1 aliphatic heterocycles. The molecule has 2 aromatic rings. The van der Waals surface area contributed by atoms with E-state index in [4.69, 9.17) is 4.74 Å². The van der Waals surface area contributed by atoms with Gasteiger partial charge in [-0.25, -0.2) is 13.2 Å². The molecule has 156 valence electrons. The zero-order chi connectivity index (χ0) is 20.8. The van der Waals surface area contributed by atoms with Crippen LogP contribution in [0.2, 0.25) is 0 Å². The zero-order valence-corrected chi connectivity index (χ0v) is 15.8. The van der Waals surface area contributed by atoms with Crippen molar-refractivity contribution in [3.8, 4) is 0 Å². The van der Waals surface area contributed by atoms with Gasteiger partial charge in [0.05, 0.1) is 19.3 Å². The number of aliphatic hydroxyl groups is 1. The summed E-state index contributed by atoms with van der Waals surface area (Å²) >= 11 is 0. The van der Waals surface area contributed by atoms with Gasteiger partial charge >= 0.3 is 0 Å². The summed E-state index contributed by atoms with van der Waals surface area (Å²) in [6.07, 6.45) is -1.17. The van der Waals surface area contributed by atoms with Crippen LogP contribution in [0.15, 0.2) is 42.5 Å². The molecule has 5 nitrogen and oxygen atoms in total. The van der Waals surface area contributed by atoms with Gasteiger partial charge < -0.3 is 15.2 Å². The third-order valence-electron chi connectivity index (χ3n) is 4.84. The van der Waals surface area contributed by atoms with Crippen LogP contribution in [0.5, 0.6) is 0 Å². The minimum atomic E-state index is -1.08. The van der Waals surface area contributed by atoms with Crippen LogP contribution in [0, 0.1) is 17.5 Å². The molecule has 1 aliphatic rings. The van der Waals surface area contributed by atoms with E-state index in [1.165, 1.54) is 12.1 Å². The fraction of sp³-hybridized carbons (Fsp3) is 0.381. The Morgan fingerprint density at radius 3 is 2.52 bits per heavy atom. The van der Waals surface area contributed by atoms with Crippen molar-refractivity contribution in [2.45, 2.75) is 18.6 Å². The second-order valence-electron chi connectivity index (χ2n) is 6.91. The van der Waals surface area contributed by atoms with Gasteiger partial charge in [-0.05, 0) is 17.7 Å². The average molecular weight is 408 g/mol. The maximum atomic E-state index is 14.4. The third kappa shape index (κ3) is 5.56. The molecule has 2 N–H and O–H groups in total. The largest absolute Gasteiger partial charge is 0.391 e. The number of carbonyl (C=O) groups excluding carboxylic acids is 1. The maximum absolute atomic E-state index is 14.4. The van der Waals surface area contributed by atoms with E-state index in [-0.39, 0.29) is 24.1 Å². The minimum absolute atomic E-state index is 0.0890. The number of carbonyl (C=O) groups is 1. The van der Waals surface area contributed by atoms with Crippen molar-refractivity contribution in [3.05, 3.63) is 71.0 Å². The molecule has 0 bridgehead atoms. The summed E-state index contributed by atoms with van der Waals surface area (Å²) in [4.78, 5) is 14.7. The summed E-state index contributed by atoms with van der Waals surface area (Å²) in [5.41, 5.74) is 0.387. The van der Waals surface area contributed by atoms with Crippen LogP contribution < -0.4 is 5.32 Å². The summed E-state index contributed by atoms with van der Waals surface area (Å²) in [6.45, 7) is 1.66. The van der Waals surface area contributed by atoms with Crippen molar-refractivity contribution in [1.82, 2.24) is 10.2 Å². The average Bonchev–Trinajstić information content (AvgIpc) is 2.71. The van der Waals surface area contributed by atoms with Gasteiger partial charge in [0.1, 0.15) is 23.5 Å². The summed E-state index contributed by atoms with van der Waals surface area (Å²) in [5.74, 6) is -2.41. The normalized spacial score (nSPS) is 17.0. The number of hydrogen-bond acceptors (Lipinski definition) is 4. The molecule has 2 aromatic carbocycles. The Labute approximate surface area is 167 Å². The van der Waals surface area contributed by atoms with Crippen molar-refractivity contribution in [2.24, 2.45) is 0 Å². The van der Waals surface area contributed by atoms with E-state index in [0.717, 1.165) is 12.1 Å². The Balaban J connectivity index is 1.67. The maximum Gasteiger partial charge on any atom is 0.242 e. The molecule has 8 heteroatoms. The molecule has 1 heterocycles. The summed E-state index contributed by atoms with van der Waals surface area (Å²) in [5, 5.41) is 12.8. The standard InChI is InChI=1S/C21H23F3N2O3/c22-15-6-5-14(19(24)12-15)11-16(27)13-25-21(28)20(26-7-9-29-10-8-26)17-3-1-2-4-18(17)23/h1-6,12,16,20,27H,7-11,13H2,(H,25,28)/t16-,20-/m0/s1. The zero-order valence-electron chi connectivity index (χ0n) is 15.8. The lowest BCUT2D eigenvalue weighted by Crippen LogP contribution is -2.47. The van der Waals surface area contributed by atoms with Gasteiger partial charge in [-0.3, -0.25) is 9.69 Å². The van der Waals surface area contributed by atoms with E-state index in [9.17, 15) is 23.1 Å². The van der Waals surface area contributed by atoms with Gasteiger partial charge in [0, 0.05) is 37.7 Å². The molecule has 1 saturated heterocycles. The smallest absolute Gasteiger partial charge is 0.242 e. The van der Waals surface area contributed by atoms with Crippen molar-refractivity contribution >= 4 is 5.91 Å². The summed E-state index contributed by atoms with van der Waals surface area (Å²) in [7, 11) is 0. The number of benzene rings is 2. The van der Waals surface area contributed by atoms with E-state index < -0.39 is 35.5 Å². The number of nitrogens with one attached hydrogen (secondary N) is 1. The SMILES string of the molecule is O=C(NC[C@@H](O)Cc1ccc(F)cc1F)[C@H](c1ccccc1F)N1CCOCC1. The molecule has 0 saturated carbocycles. The van der Waals surface area contributed by atoms with Gasteiger partial charge in [0.15, 0.2) is 0 Å². The van der Waals surface area contributed by atoms with Crippen LogP contribution in [0.4, 0.5) is 13.2 Å². The molecular weight excluding hydrogens is 385 g/mol. The Bertz CT molecular complexity index is 844. The number of halogens is 3. The Hall–Kier alpha value is -2.42. The van der Waals surface area contributed by atoms with E-state index in [1.807, 2.05) is 4.90 Å². The fourth-order valence-corrected chi connectivity index (χ4v) is 3.36. The Morgan fingerprint density at radius 1 is 1.10 bits per heavy atom. The third-order valence-corrected chi connectivity index (χ3v) is 4.84. The molecule has 29 heavy (non-hydrogen) atoms. The predicted molar refractivity (Wildman–Crippen MR) is 101 cm³/mol. The second kappa shape index (κ2) is 9.87. The first-order valence-electron chi connectivity index (χ1n) is 9.41. The Kier molecular flexibility index (Phi) is 7.24. The summed E-state index contributed by atoms with van der Waals surface area (Å²) < 4.78 is 46.4. The topological polar surface area (TPSA) is 61.8 Å². The van der Waals surface area contributed by atoms with Crippen molar-refractivity contribution < 1.29 is 27.8 Å². The van der Waals surface area contributed by atoms with E-state index in [0.29, 0.717) is 26.3 Å². The van der Waals surface area contributed by atoms with Gasteiger partial charge in [-0.1, -0.05) is 24.3 Å². The van der Waals surface area contributed by atoms with Crippen molar-refractivity contribution in [3.63, 3.8) is 0 Å². The lowest BCUT2D eigenvalue weighted by molar-refractivity contribution is -0.129. The number of hydrogen-bond donors (Lipinski definition) is 2. The molecule has 0 radical (unpaired) electrons. The lowest BCUT2D eigenvalue weighted by Gasteiger charge is -2.34. The van der Waals surface area contributed by atoms with Crippen LogP contribution in [0.1, 0.15) is 17.2 Å². The number of aliphatic hydroxyl groups excluding tert-OH is 1. The van der Waals surface area contributed by atoms with Crippen LogP contribution in [0.3, 0.4) is 0 Å². The molecule has 0 aliphatic carbocycles. The Morgan fingerprint density at radius 2 is 1.83 bits per heavy atom. The highest BCUT2D eigenvalue weighted by atomic mass is 19.1. The molecule has 0 spiro atoms. The van der Waals surface area contributed by atoms with Gasteiger partial charge in [-0.15, -0.1) is 0 Å². The number of ether oxygens (including phenoxy) is 1. The van der Waals surface area contributed by atoms with Gasteiger partial charge in [-0.2, -0.15) is 0 Å². The van der Waals surface area contributed by atoms with Gasteiger partial charge in [0.2, 0.25) is 5.91 Å².